The zero-order valence-electron chi connectivity index (χ0n) is 9.80. The van der Waals surface area contributed by atoms with E-state index in [-0.39, 0.29) is 18.1 Å². The molecule has 0 fully saturated rings. The number of aromatic hydroxyl groups is 1. The van der Waals surface area contributed by atoms with Gasteiger partial charge in [-0.15, -0.1) is 11.3 Å². The van der Waals surface area contributed by atoms with Crippen molar-refractivity contribution in [1.82, 2.24) is 4.98 Å². The van der Waals surface area contributed by atoms with Gasteiger partial charge in [-0.25, -0.2) is 4.98 Å². The fourth-order valence-electron chi connectivity index (χ4n) is 1.55. The Balaban J connectivity index is 2.03. The highest BCUT2D eigenvalue weighted by Gasteiger charge is 2.08. The maximum absolute atomic E-state index is 11.8. The lowest BCUT2D eigenvalue weighted by Gasteiger charge is -2.07. The van der Waals surface area contributed by atoms with Crippen molar-refractivity contribution in [3.63, 3.8) is 0 Å². The number of amides is 1. The molecule has 0 atom stereocenters. The van der Waals surface area contributed by atoms with Crippen LogP contribution in [0.4, 0.5) is 10.8 Å². The molecular formula is C12H13N3O2S. The Morgan fingerprint density at radius 1 is 1.56 bits per heavy atom. The normalized spacial score (nSPS) is 10.3. The molecule has 6 heteroatoms. The minimum Gasteiger partial charge on any atom is -0.508 e. The highest BCUT2D eigenvalue weighted by molar-refractivity contribution is 7.13. The van der Waals surface area contributed by atoms with Gasteiger partial charge in [0.2, 0.25) is 5.91 Å². The predicted molar refractivity (Wildman–Crippen MR) is 71.7 cm³/mol. The molecule has 1 amide bonds. The van der Waals surface area contributed by atoms with Crippen LogP contribution in [0.2, 0.25) is 0 Å². The topological polar surface area (TPSA) is 88.2 Å². The van der Waals surface area contributed by atoms with E-state index < -0.39 is 0 Å². The second-order valence-electron chi connectivity index (χ2n) is 3.90. The molecule has 0 saturated carbocycles. The lowest BCUT2D eigenvalue weighted by molar-refractivity contribution is -0.115. The second-order valence-corrected chi connectivity index (χ2v) is 4.79. The van der Waals surface area contributed by atoms with Gasteiger partial charge >= 0.3 is 0 Å². The van der Waals surface area contributed by atoms with Gasteiger partial charge in [0, 0.05) is 11.1 Å². The molecule has 1 heterocycles. The number of nitrogens with zero attached hydrogens (tertiary/aromatic N) is 1. The number of rotatable bonds is 3. The largest absolute Gasteiger partial charge is 0.508 e. The molecule has 5 nitrogen and oxygen atoms in total. The molecule has 1 aromatic carbocycles. The number of anilines is 2. The molecule has 0 aliphatic carbocycles. The molecule has 0 saturated heterocycles. The molecule has 94 valence electrons. The van der Waals surface area contributed by atoms with E-state index in [1.165, 1.54) is 17.4 Å². The van der Waals surface area contributed by atoms with Crippen molar-refractivity contribution >= 4 is 28.1 Å². The van der Waals surface area contributed by atoms with Gasteiger partial charge in [0.1, 0.15) is 5.75 Å². The van der Waals surface area contributed by atoms with Crippen molar-refractivity contribution in [3.8, 4) is 5.75 Å². The van der Waals surface area contributed by atoms with Crippen LogP contribution < -0.4 is 11.1 Å². The van der Waals surface area contributed by atoms with Gasteiger partial charge < -0.3 is 16.2 Å². The first kappa shape index (κ1) is 12.4. The maximum atomic E-state index is 11.8. The molecule has 2 aromatic rings. The standard InChI is InChI=1S/C12H13N3O2S/c1-7-4-9(16)2-3-10(7)15-11(17)5-8-6-18-12(13)14-8/h2-4,6,16H,5H2,1H3,(H2,13,14)(H,15,17). The van der Waals surface area contributed by atoms with E-state index in [2.05, 4.69) is 10.3 Å². The Bertz CT molecular complexity index is 580. The van der Waals surface area contributed by atoms with Crippen molar-refractivity contribution in [2.45, 2.75) is 13.3 Å². The molecule has 0 spiro atoms. The number of phenolic OH excluding ortho intramolecular Hbond substituents is 1. The number of carbonyl (C=O) groups is 1. The lowest BCUT2D eigenvalue weighted by Crippen LogP contribution is -2.15. The molecule has 0 aliphatic heterocycles. The highest BCUT2D eigenvalue weighted by Crippen LogP contribution is 2.20. The molecule has 0 unspecified atom stereocenters. The molecule has 4 N–H and O–H groups in total. The quantitative estimate of drug-likeness (QED) is 0.738. The van der Waals surface area contributed by atoms with Crippen LogP contribution in [0.25, 0.3) is 0 Å². The number of nitrogen functional groups attached to an aromatic ring is 1. The average Bonchev–Trinajstić information content (AvgIpc) is 2.68. The van der Waals surface area contributed by atoms with Crippen LogP contribution in [0, 0.1) is 6.92 Å². The van der Waals surface area contributed by atoms with Crippen molar-refractivity contribution in [2.75, 3.05) is 11.1 Å². The van der Waals surface area contributed by atoms with E-state index in [1.54, 1.807) is 17.5 Å². The van der Waals surface area contributed by atoms with E-state index in [0.29, 0.717) is 16.5 Å². The number of nitrogens with two attached hydrogens (primary N) is 1. The van der Waals surface area contributed by atoms with Gasteiger partial charge in [-0.3, -0.25) is 4.79 Å². The van der Waals surface area contributed by atoms with Crippen LogP contribution in [0.1, 0.15) is 11.3 Å². The van der Waals surface area contributed by atoms with Gasteiger partial charge in [0.25, 0.3) is 0 Å². The fourth-order valence-corrected chi connectivity index (χ4v) is 2.11. The summed E-state index contributed by atoms with van der Waals surface area (Å²) < 4.78 is 0. The summed E-state index contributed by atoms with van der Waals surface area (Å²) in [6, 6.07) is 4.79. The first-order chi connectivity index (χ1) is 8.54. The fraction of sp³-hybridized carbons (Fsp3) is 0.167. The summed E-state index contributed by atoms with van der Waals surface area (Å²) in [5.41, 5.74) is 7.64. The summed E-state index contributed by atoms with van der Waals surface area (Å²) in [5.74, 6) is 0.0202. The summed E-state index contributed by atoms with van der Waals surface area (Å²) in [6.45, 7) is 1.82. The van der Waals surface area contributed by atoms with Crippen molar-refractivity contribution in [3.05, 3.63) is 34.8 Å². The van der Waals surface area contributed by atoms with E-state index in [1.807, 2.05) is 6.92 Å². The van der Waals surface area contributed by atoms with Gasteiger partial charge in [0.15, 0.2) is 5.13 Å². The van der Waals surface area contributed by atoms with E-state index in [0.717, 1.165) is 5.56 Å². The molecule has 2 rings (SSSR count). The van der Waals surface area contributed by atoms with Crippen LogP contribution in [0.3, 0.4) is 0 Å². The second kappa shape index (κ2) is 5.05. The predicted octanol–water partition coefficient (Wildman–Crippen LogP) is 1.92. The first-order valence-corrected chi connectivity index (χ1v) is 6.22. The Morgan fingerprint density at radius 3 is 2.94 bits per heavy atom. The van der Waals surface area contributed by atoms with Crippen LogP contribution in [0.15, 0.2) is 23.6 Å². The molecule has 18 heavy (non-hydrogen) atoms. The summed E-state index contributed by atoms with van der Waals surface area (Å²) in [7, 11) is 0. The minimum absolute atomic E-state index is 0.158. The summed E-state index contributed by atoms with van der Waals surface area (Å²) in [6.07, 6.45) is 0.189. The van der Waals surface area contributed by atoms with Crippen molar-refractivity contribution < 1.29 is 9.90 Å². The molecule has 0 radical (unpaired) electrons. The van der Waals surface area contributed by atoms with Gasteiger partial charge in [-0.1, -0.05) is 0 Å². The number of hydrogen-bond acceptors (Lipinski definition) is 5. The minimum atomic E-state index is -0.158. The summed E-state index contributed by atoms with van der Waals surface area (Å²) in [4.78, 5) is 15.8. The number of aromatic nitrogens is 1. The third-order valence-corrected chi connectivity index (χ3v) is 3.12. The summed E-state index contributed by atoms with van der Waals surface area (Å²) in [5, 5.41) is 14.3. The van der Waals surface area contributed by atoms with Gasteiger partial charge in [0.05, 0.1) is 12.1 Å². The average molecular weight is 263 g/mol. The van der Waals surface area contributed by atoms with E-state index in [4.69, 9.17) is 5.73 Å². The highest BCUT2D eigenvalue weighted by atomic mass is 32.1. The number of hydrogen-bond donors (Lipinski definition) is 3. The third-order valence-electron chi connectivity index (χ3n) is 2.40. The number of aryl methyl sites for hydroxylation is 1. The number of phenols is 1. The molecular weight excluding hydrogens is 250 g/mol. The van der Waals surface area contributed by atoms with Gasteiger partial charge in [-0.2, -0.15) is 0 Å². The van der Waals surface area contributed by atoms with E-state index in [9.17, 15) is 9.90 Å². The molecule has 1 aromatic heterocycles. The smallest absolute Gasteiger partial charge is 0.230 e. The van der Waals surface area contributed by atoms with Crippen molar-refractivity contribution in [2.24, 2.45) is 0 Å². The first-order valence-electron chi connectivity index (χ1n) is 5.34. The Labute approximate surface area is 108 Å². The number of thiazole rings is 1. The van der Waals surface area contributed by atoms with Crippen LogP contribution in [-0.4, -0.2) is 16.0 Å². The summed E-state index contributed by atoms with van der Waals surface area (Å²) >= 11 is 1.31. The molecule has 0 aliphatic rings. The lowest BCUT2D eigenvalue weighted by atomic mass is 10.2. The Hall–Kier alpha value is -2.08. The maximum Gasteiger partial charge on any atom is 0.230 e. The zero-order valence-corrected chi connectivity index (χ0v) is 10.6. The monoisotopic (exact) mass is 263 g/mol. The number of benzene rings is 1. The third kappa shape index (κ3) is 2.98. The van der Waals surface area contributed by atoms with Crippen LogP contribution in [-0.2, 0) is 11.2 Å². The Kier molecular flexibility index (Phi) is 3.47. The van der Waals surface area contributed by atoms with E-state index >= 15 is 0 Å². The Morgan fingerprint density at radius 2 is 2.33 bits per heavy atom. The van der Waals surface area contributed by atoms with Gasteiger partial charge in [-0.05, 0) is 30.7 Å². The van der Waals surface area contributed by atoms with Crippen molar-refractivity contribution in [1.29, 1.82) is 0 Å². The molecule has 0 bridgehead atoms. The van der Waals surface area contributed by atoms with Crippen LogP contribution >= 0.6 is 11.3 Å². The van der Waals surface area contributed by atoms with Crippen LogP contribution in [0.5, 0.6) is 5.75 Å². The number of nitrogens with one attached hydrogen (secondary N) is 1. The number of carbonyl (C=O) groups excluding carboxylic acids is 1. The zero-order chi connectivity index (χ0) is 13.1. The SMILES string of the molecule is Cc1cc(O)ccc1NC(=O)Cc1csc(N)n1.